The van der Waals surface area contributed by atoms with Gasteiger partial charge < -0.3 is 14.8 Å². The SMILES string of the molecule is CCOC(=O)CN(C)CC(=O)NCc1cccc(OC)c1. The maximum absolute atomic E-state index is 11.8. The summed E-state index contributed by atoms with van der Waals surface area (Å²) in [5.41, 5.74) is 0.954. The molecule has 0 unspecified atom stereocenters. The summed E-state index contributed by atoms with van der Waals surface area (Å²) < 4.78 is 9.94. The van der Waals surface area contributed by atoms with Gasteiger partial charge in [0.05, 0.1) is 26.8 Å². The normalized spacial score (nSPS) is 10.3. The Labute approximate surface area is 125 Å². The summed E-state index contributed by atoms with van der Waals surface area (Å²) in [5.74, 6) is 0.270. The number of nitrogens with one attached hydrogen (secondary N) is 1. The number of ether oxygens (including phenoxy) is 2. The second-order valence-electron chi connectivity index (χ2n) is 4.61. The Morgan fingerprint density at radius 1 is 1.29 bits per heavy atom. The first kappa shape index (κ1) is 17.0. The van der Waals surface area contributed by atoms with Gasteiger partial charge in [0.15, 0.2) is 0 Å². The molecule has 21 heavy (non-hydrogen) atoms. The summed E-state index contributed by atoms with van der Waals surface area (Å²) in [4.78, 5) is 24.7. The van der Waals surface area contributed by atoms with E-state index in [1.165, 1.54) is 0 Å². The van der Waals surface area contributed by atoms with E-state index in [1.807, 2.05) is 24.3 Å². The van der Waals surface area contributed by atoms with Crippen molar-refractivity contribution < 1.29 is 19.1 Å². The molecule has 0 spiro atoms. The zero-order valence-corrected chi connectivity index (χ0v) is 12.7. The largest absolute Gasteiger partial charge is 0.497 e. The average Bonchev–Trinajstić information content (AvgIpc) is 2.45. The second-order valence-corrected chi connectivity index (χ2v) is 4.61. The van der Waals surface area contributed by atoms with E-state index in [1.54, 1.807) is 26.0 Å². The molecule has 0 radical (unpaired) electrons. The molecule has 0 heterocycles. The average molecular weight is 294 g/mol. The highest BCUT2D eigenvalue weighted by Gasteiger charge is 2.11. The molecule has 6 heteroatoms. The van der Waals surface area contributed by atoms with Crippen molar-refractivity contribution in [2.24, 2.45) is 0 Å². The van der Waals surface area contributed by atoms with E-state index in [0.29, 0.717) is 13.2 Å². The minimum absolute atomic E-state index is 0.0976. The van der Waals surface area contributed by atoms with Crippen molar-refractivity contribution in [3.05, 3.63) is 29.8 Å². The minimum atomic E-state index is -0.333. The Balaban J connectivity index is 2.34. The Bertz CT molecular complexity index is 476. The Morgan fingerprint density at radius 2 is 2.05 bits per heavy atom. The second kappa shape index (κ2) is 8.97. The van der Waals surface area contributed by atoms with Crippen molar-refractivity contribution in [1.82, 2.24) is 10.2 Å². The number of likely N-dealkylation sites (N-methyl/N-ethyl adjacent to an activating group) is 1. The number of methoxy groups -OCH3 is 1. The van der Waals surface area contributed by atoms with Crippen LogP contribution in [-0.4, -0.2) is 50.6 Å². The van der Waals surface area contributed by atoms with E-state index in [0.717, 1.165) is 11.3 Å². The molecule has 0 aliphatic rings. The van der Waals surface area contributed by atoms with Gasteiger partial charge in [0.2, 0.25) is 5.91 Å². The monoisotopic (exact) mass is 294 g/mol. The van der Waals surface area contributed by atoms with E-state index < -0.39 is 0 Å². The molecule has 1 aromatic rings. The topological polar surface area (TPSA) is 67.9 Å². The molecule has 116 valence electrons. The van der Waals surface area contributed by atoms with Gasteiger partial charge in [0.1, 0.15) is 5.75 Å². The number of hydrogen-bond donors (Lipinski definition) is 1. The molecule has 0 aliphatic heterocycles. The Morgan fingerprint density at radius 3 is 2.71 bits per heavy atom. The highest BCUT2D eigenvalue weighted by Crippen LogP contribution is 2.11. The molecule has 0 fully saturated rings. The standard InChI is InChI=1S/C15H22N2O4/c1-4-21-15(19)11-17(2)10-14(18)16-9-12-6-5-7-13(8-12)20-3/h5-8H,4,9-11H2,1-3H3,(H,16,18). The smallest absolute Gasteiger partial charge is 0.320 e. The van der Waals surface area contributed by atoms with Crippen molar-refractivity contribution in [2.75, 3.05) is 33.9 Å². The van der Waals surface area contributed by atoms with Crippen molar-refractivity contribution in [3.63, 3.8) is 0 Å². The lowest BCUT2D eigenvalue weighted by Gasteiger charge is -2.15. The van der Waals surface area contributed by atoms with Crippen molar-refractivity contribution in [2.45, 2.75) is 13.5 Å². The predicted molar refractivity (Wildman–Crippen MR) is 79.0 cm³/mol. The van der Waals surface area contributed by atoms with Gasteiger partial charge in [-0.15, -0.1) is 0 Å². The maximum atomic E-state index is 11.8. The number of amides is 1. The van der Waals surface area contributed by atoms with E-state index in [2.05, 4.69) is 5.32 Å². The third-order valence-corrected chi connectivity index (χ3v) is 2.74. The van der Waals surface area contributed by atoms with Crippen LogP contribution in [0.1, 0.15) is 12.5 Å². The highest BCUT2D eigenvalue weighted by molar-refractivity contribution is 5.79. The van der Waals surface area contributed by atoms with Gasteiger partial charge in [0, 0.05) is 6.54 Å². The fourth-order valence-corrected chi connectivity index (χ4v) is 1.77. The van der Waals surface area contributed by atoms with E-state index in [9.17, 15) is 9.59 Å². The van der Waals surface area contributed by atoms with Gasteiger partial charge in [-0.05, 0) is 31.7 Å². The first-order chi connectivity index (χ1) is 10.0. The lowest BCUT2D eigenvalue weighted by molar-refractivity contribution is -0.144. The third-order valence-electron chi connectivity index (χ3n) is 2.74. The molecular formula is C15H22N2O4. The summed E-state index contributed by atoms with van der Waals surface area (Å²) >= 11 is 0. The van der Waals surface area contributed by atoms with Crippen LogP contribution in [-0.2, 0) is 20.9 Å². The molecule has 6 nitrogen and oxygen atoms in total. The first-order valence-corrected chi connectivity index (χ1v) is 6.79. The highest BCUT2D eigenvalue weighted by atomic mass is 16.5. The Kier molecular flexibility index (Phi) is 7.25. The van der Waals surface area contributed by atoms with Gasteiger partial charge in [0.25, 0.3) is 0 Å². The number of hydrogen-bond acceptors (Lipinski definition) is 5. The molecule has 1 aromatic carbocycles. The number of benzene rings is 1. The molecular weight excluding hydrogens is 272 g/mol. The van der Waals surface area contributed by atoms with Crippen LogP contribution in [0.5, 0.6) is 5.75 Å². The van der Waals surface area contributed by atoms with Gasteiger partial charge in [-0.3, -0.25) is 14.5 Å². The number of carbonyl (C=O) groups excluding carboxylic acids is 2. The van der Waals surface area contributed by atoms with Crippen LogP contribution >= 0.6 is 0 Å². The van der Waals surface area contributed by atoms with E-state index in [-0.39, 0.29) is 25.0 Å². The van der Waals surface area contributed by atoms with Crippen LogP contribution in [0.2, 0.25) is 0 Å². The molecule has 0 saturated heterocycles. The number of carbonyl (C=O) groups is 2. The molecule has 0 aliphatic carbocycles. The zero-order valence-electron chi connectivity index (χ0n) is 12.7. The fourth-order valence-electron chi connectivity index (χ4n) is 1.77. The molecule has 1 N–H and O–H groups in total. The molecule has 1 amide bonds. The third kappa shape index (κ3) is 6.76. The molecule has 0 saturated carbocycles. The van der Waals surface area contributed by atoms with Gasteiger partial charge in [-0.2, -0.15) is 0 Å². The van der Waals surface area contributed by atoms with Crippen molar-refractivity contribution >= 4 is 11.9 Å². The summed E-state index contributed by atoms with van der Waals surface area (Å²) in [7, 11) is 3.30. The van der Waals surface area contributed by atoms with Crippen LogP contribution in [0.15, 0.2) is 24.3 Å². The zero-order chi connectivity index (χ0) is 15.7. The van der Waals surface area contributed by atoms with Gasteiger partial charge in [-0.25, -0.2) is 0 Å². The number of rotatable bonds is 8. The Hall–Kier alpha value is -2.08. The van der Waals surface area contributed by atoms with E-state index >= 15 is 0 Å². The minimum Gasteiger partial charge on any atom is -0.497 e. The molecule has 0 atom stereocenters. The summed E-state index contributed by atoms with van der Waals surface area (Å²) in [6.07, 6.45) is 0. The molecule has 0 aromatic heterocycles. The maximum Gasteiger partial charge on any atom is 0.320 e. The summed E-state index contributed by atoms with van der Waals surface area (Å²) in [6, 6.07) is 7.49. The van der Waals surface area contributed by atoms with Crippen LogP contribution in [0, 0.1) is 0 Å². The fraction of sp³-hybridized carbons (Fsp3) is 0.467. The number of esters is 1. The van der Waals surface area contributed by atoms with Crippen molar-refractivity contribution in [3.8, 4) is 5.75 Å². The lowest BCUT2D eigenvalue weighted by Crippen LogP contribution is -2.37. The summed E-state index contributed by atoms with van der Waals surface area (Å²) in [6.45, 7) is 2.75. The van der Waals surface area contributed by atoms with E-state index in [4.69, 9.17) is 9.47 Å². The lowest BCUT2D eigenvalue weighted by atomic mass is 10.2. The molecule has 1 rings (SSSR count). The van der Waals surface area contributed by atoms with Crippen LogP contribution in [0.4, 0.5) is 0 Å². The summed E-state index contributed by atoms with van der Waals surface area (Å²) in [5, 5.41) is 2.80. The van der Waals surface area contributed by atoms with Gasteiger partial charge in [-0.1, -0.05) is 12.1 Å². The van der Waals surface area contributed by atoms with Crippen molar-refractivity contribution in [1.29, 1.82) is 0 Å². The molecule has 0 bridgehead atoms. The quantitative estimate of drug-likeness (QED) is 0.719. The number of nitrogens with zero attached hydrogens (tertiary/aromatic N) is 1. The predicted octanol–water partition coefficient (Wildman–Crippen LogP) is 0.806. The first-order valence-electron chi connectivity index (χ1n) is 6.79. The van der Waals surface area contributed by atoms with Crippen LogP contribution in [0.25, 0.3) is 0 Å². The van der Waals surface area contributed by atoms with Crippen LogP contribution in [0.3, 0.4) is 0 Å². The van der Waals surface area contributed by atoms with Crippen LogP contribution < -0.4 is 10.1 Å². The van der Waals surface area contributed by atoms with Gasteiger partial charge >= 0.3 is 5.97 Å².